The van der Waals surface area contributed by atoms with Crippen molar-refractivity contribution in [2.75, 3.05) is 5.73 Å². The van der Waals surface area contributed by atoms with E-state index in [1.54, 1.807) is 10.8 Å². The fraction of sp³-hybridized carbons (Fsp3) is 0.200. The summed E-state index contributed by atoms with van der Waals surface area (Å²) in [5.74, 6) is 0.272. The lowest BCUT2D eigenvalue weighted by Crippen LogP contribution is -1.98. The summed E-state index contributed by atoms with van der Waals surface area (Å²) >= 11 is 3.18. The number of hydrogen-bond donors (Lipinski definition) is 1. The van der Waals surface area contributed by atoms with Crippen molar-refractivity contribution >= 4 is 21.9 Å². The maximum atomic E-state index is 5.30. The van der Waals surface area contributed by atoms with Gasteiger partial charge in [-0.1, -0.05) is 6.08 Å². The zero-order valence-electron chi connectivity index (χ0n) is 5.29. The van der Waals surface area contributed by atoms with Gasteiger partial charge in [0.1, 0.15) is 0 Å². The van der Waals surface area contributed by atoms with E-state index in [-0.39, 0.29) is 5.95 Å². The Bertz CT molecular complexity index is 242. The Hall–Kier alpha value is -0.840. The standard InChI is InChI=1S/C5H7BrN4/c1-2-3-10-4(6)8-5(7)9-10/h2H,1,3H2,(H2,7,9). The van der Waals surface area contributed by atoms with Gasteiger partial charge in [0, 0.05) is 0 Å². The molecule has 1 heterocycles. The lowest BCUT2D eigenvalue weighted by atomic mass is 10.6. The van der Waals surface area contributed by atoms with Gasteiger partial charge < -0.3 is 5.73 Å². The normalized spacial score (nSPS) is 9.70. The summed E-state index contributed by atoms with van der Waals surface area (Å²) in [6.07, 6.45) is 1.72. The molecular formula is C5H7BrN4. The van der Waals surface area contributed by atoms with Crippen molar-refractivity contribution in [3.8, 4) is 0 Å². The Balaban J connectivity index is 2.91. The molecular weight excluding hydrogens is 196 g/mol. The zero-order chi connectivity index (χ0) is 7.56. The minimum atomic E-state index is 0.272. The third-order valence-corrected chi connectivity index (χ3v) is 1.53. The van der Waals surface area contributed by atoms with Crippen LogP contribution < -0.4 is 5.73 Å². The SMILES string of the molecule is C=CCn1nc(N)nc1Br. The Kier molecular flexibility index (Phi) is 2.06. The first-order valence-corrected chi connectivity index (χ1v) is 3.50. The number of nitrogen functional groups attached to an aromatic ring is 1. The Morgan fingerprint density at radius 2 is 2.50 bits per heavy atom. The van der Waals surface area contributed by atoms with E-state index in [1.165, 1.54) is 0 Å². The van der Waals surface area contributed by atoms with Gasteiger partial charge in [0.05, 0.1) is 6.54 Å². The molecule has 0 aliphatic rings. The van der Waals surface area contributed by atoms with Crippen molar-refractivity contribution < 1.29 is 0 Å². The largest absolute Gasteiger partial charge is 0.366 e. The van der Waals surface area contributed by atoms with E-state index in [9.17, 15) is 0 Å². The number of nitrogens with zero attached hydrogens (tertiary/aromatic N) is 3. The molecule has 0 aromatic carbocycles. The van der Waals surface area contributed by atoms with E-state index < -0.39 is 0 Å². The van der Waals surface area contributed by atoms with Gasteiger partial charge in [-0.3, -0.25) is 0 Å². The van der Waals surface area contributed by atoms with Gasteiger partial charge in [-0.25, -0.2) is 4.68 Å². The molecule has 0 atom stereocenters. The summed E-state index contributed by atoms with van der Waals surface area (Å²) in [5.41, 5.74) is 5.30. The quantitative estimate of drug-likeness (QED) is 0.723. The van der Waals surface area contributed by atoms with Gasteiger partial charge in [0.2, 0.25) is 5.95 Å². The molecule has 1 aromatic heterocycles. The number of allylic oxidation sites excluding steroid dienone is 1. The Labute approximate surface area is 66.9 Å². The molecule has 0 aliphatic carbocycles. The number of hydrogen-bond acceptors (Lipinski definition) is 3. The first kappa shape index (κ1) is 7.27. The smallest absolute Gasteiger partial charge is 0.240 e. The Morgan fingerprint density at radius 1 is 1.80 bits per heavy atom. The summed E-state index contributed by atoms with van der Waals surface area (Å²) in [6, 6.07) is 0. The third-order valence-electron chi connectivity index (χ3n) is 0.945. The molecule has 0 spiro atoms. The van der Waals surface area contributed by atoms with Crippen LogP contribution in [0.5, 0.6) is 0 Å². The fourth-order valence-electron chi connectivity index (χ4n) is 0.578. The lowest BCUT2D eigenvalue weighted by molar-refractivity contribution is 0.685. The molecule has 0 fully saturated rings. The van der Waals surface area contributed by atoms with Crippen LogP contribution in [-0.4, -0.2) is 14.8 Å². The molecule has 0 aliphatic heterocycles. The average Bonchev–Trinajstić information content (AvgIpc) is 2.13. The number of rotatable bonds is 2. The summed E-state index contributed by atoms with van der Waals surface area (Å²) in [5, 5.41) is 3.87. The molecule has 0 saturated carbocycles. The van der Waals surface area contributed by atoms with Crippen LogP contribution in [0.15, 0.2) is 17.4 Å². The summed E-state index contributed by atoms with van der Waals surface area (Å²) in [7, 11) is 0. The molecule has 1 aromatic rings. The van der Waals surface area contributed by atoms with Gasteiger partial charge in [-0.2, -0.15) is 4.98 Å². The van der Waals surface area contributed by atoms with Crippen molar-refractivity contribution in [2.24, 2.45) is 0 Å². The summed E-state index contributed by atoms with van der Waals surface area (Å²) < 4.78 is 2.24. The van der Waals surface area contributed by atoms with Crippen LogP contribution in [-0.2, 0) is 6.54 Å². The van der Waals surface area contributed by atoms with Crippen molar-refractivity contribution in [2.45, 2.75) is 6.54 Å². The highest BCUT2D eigenvalue weighted by molar-refractivity contribution is 9.10. The van der Waals surface area contributed by atoms with Crippen molar-refractivity contribution in [1.29, 1.82) is 0 Å². The average molecular weight is 203 g/mol. The van der Waals surface area contributed by atoms with Crippen LogP contribution in [0.1, 0.15) is 0 Å². The summed E-state index contributed by atoms with van der Waals surface area (Å²) in [6.45, 7) is 4.17. The predicted octanol–water partition coefficient (Wildman–Crippen LogP) is 0.809. The second kappa shape index (κ2) is 2.83. The predicted molar refractivity (Wildman–Crippen MR) is 42.3 cm³/mol. The van der Waals surface area contributed by atoms with Crippen LogP contribution >= 0.6 is 15.9 Å². The minimum Gasteiger partial charge on any atom is -0.366 e. The fourth-order valence-corrected chi connectivity index (χ4v) is 0.984. The maximum absolute atomic E-state index is 5.30. The molecule has 5 heteroatoms. The van der Waals surface area contributed by atoms with Crippen LogP contribution in [0.25, 0.3) is 0 Å². The zero-order valence-corrected chi connectivity index (χ0v) is 6.87. The molecule has 0 saturated heterocycles. The van der Waals surface area contributed by atoms with E-state index in [0.29, 0.717) is 11.3 Å². The monoisotopic (exact) mass is 202 g/mol. The topological polar surface area (TPSA) is 56.7 Å². The molecule has 2 N–H and O–H groups in total. The van der Waals surface area contributed by atoms with E-state index in [2.05, 4.69) is 32.6 Å². The Morgan fingerprint density at radius 3 is 2.90 bits per heavy atom. The number of anilines is 1. The van der Waals surface area contributed by atoms with E-state index in [1.807, 2.05) is 0 Å². The second-order valence-corrected chi connectivity index (χ2v) is 2.42. The molecule has 0 amide bonds. The van der Waals surface area contributed by atoms with Crippen molar-refractivity contribution in [3.05, 3.63) is 17.4 Å². The number of halogens is 1. The van der Waals surface area contributed by atoms with Gasteiger partial charge in [0.15, 0.2) is 4.73 Å². The highest BCUT2D eigenvalue weighted by Crippen LogP contribution is 2.06. The van der Waals surface area contributed by atoms with Crippen LogP contribution in [0.3, 0.4) is 0 Å². The van der Waals surface area contributed by atoms with Gasteiger partial charge >= 0.3 is 0 Å². The van der Waals surface area contributed by atoms with Gasteiger partial charge in [-0.05, 0) is 15.9 Å². The molecule has 1 rings (SSSR count). The highest BCUT2D eigenvalue weighted by Gasteiger charge is 2.00. The van der Waals surface area contributed by atoms with Crippen molar-refractivity contribution in [3.63, 3.8) is 0 Å². The van der Waals surface area contributed by atoms with E-state index >= 15 is 0 Å². The van der Waals surface area contributed by atoms with Crippen LogP contribution in [0.4, 0.5) is 5.95 Å². The molecule has 0 unspecified atom stereocenters. The van der Waals surface area contributed by atoms with Gasteiger partial charge in [-0.15, -0.1) is 11.7 Å². The maximum Gasteiger partial charge on any atom is 0.240 e. The molecule has 0 bridgehead atoms. The first-order valence-electron chi connectivity index (χ1n) is 2.70. The van der Waals surface area contributed by atoms with Crippen LogP contribution in [0.2, 0.25) is 0 Å². The molecule has 54 valence electrons. The van der Waals surface area contributed by atoms with E-state index in [4.69, 9.17) is 5.73 Å². The second-order valence-electron chi connectivity index (χ2n) is 1.71. The van der Waals surface area contributed by atoms with Crippen molar-refractivity contribution in [1.82, 2.24) is 14.8 Å². The third kappa shape index (κ3) is 1.36. The summed E-state index contributed by atoms with van der Waals surface area (Å²) in [4.78, 5) is 3.83. The van der Waals surface area contributed by atoms with E-state index in [0.717, 1.165) is 0 Å². The van der Waals surface area contributed by atoms with Crippen LogP contribution in [0, 0.1) is 0 Å². The molecule has 10 heavy (non-hydrogen) atoms. The molecule has 0 radical (unpaired) electrons. The number of nitrogens with two attached hydrogens (primary N) is 1. The van der Waals surface area contributed by atoms with Gasteiger partial charge in [0.25, 0.3) is 0 Å². The molecule has 4 nitrogen and oxygen atoms in total. The lowest BCUT2D eigenvalue weighted by Gasteiger charge is -1.92. The minimum absolute atomic E-state index is 0.272. The number of aromatic nitrogens is 3. The highest BCUT2D eigenvalue weighted by atomic mass is 79.9. The first-order chi connectivity index (χ1) is 4.74.